The van der Waals surface area contributed by atoms with Gasteiger partial charge in [0.05, 0.1) is 23.8 Å². The van der Waals surface area contributed by atoms with Gasteiger partial charge in [0.1, 0.15) is 5.25 Å². The molecular weight excluding hydrogens is 366 g/mol. The van der Waals surface area contributed by atoms with Gasteiger partial charge in [-0.05, 0) is 0 Å². The lowest BCUT2D eigenvalue weighted by atomic mass is 10.2. The van der Waals surface area contributed by atoms with Crippen molar-refractivity contribution in [3.05, 3.63) is 10.6 Å². The van der Waals surface area contributed by atoms with Crippen LogP contribution in [0.15, 0.2) is 0 Å². The van der Waals surface area contributed by atoms with E-state index in [1.165, 1.54) is 20.5 Å². The van der Waals surface area contributed by atoms with Crippen LogP contribution in [0, 0.1) is 0 Å². The van der Waals surface area contributed by atoms with Gasteiger partial charge < -0.3 is 15.0 Å². The number of likely N-dealkylation sites (tertiary alicyclic amines) is 1. The Morgan fingerprint density at radius 1 is 1.32 bits per heavy atom. The van der Waals surface area contributed by atoms with Gasteiger partial charge in [0.2, 0.25) is 10.0 Å². The second-order valence-electron chi connectivity index (χ2n) is 6.34. The minimum absolute atomic E-state index is 0.228. The Balaban J connectivity index is 1.32. The number of thiazole rings is 1. The highest BCUT2D eigenvalue weighted by atomic mass is 32.2. The molecule has 0 aromatic carbocycles. The molecule has 1 aromatic heterocycles. The Labute approximate surface area is 150 Å². The zero-order chi connectivity index (χ0) is 17.4. The quantitative estimate of drug-likeness (QED) is 0.736. The molecule has 4 heterocycles. The zero-order valence-corrected chi connectivity index (χ0v) is 15.4. The van der Waals surface area contributed by atoms with Gasteiger partial charge in [-0.1, -0.05) is 11.3 Å². The highest BCUT2D eigenvalue weighted by Gasteiger charge is 2.43. The van der Waals surface area contributed by atoms with Crippen molar-refractivity contribution in [1.29, 1.82) is 0 Å². The third kappa shape index (κ3) is 3.38. The van der Waals surface area contributed by atoms with Crippen LogP contribution in [-0.2, 0) is 27.8 Å². The summed E-state index contributed by atoms with van der Waals surface area (Å²) in [5, 5.41) is 5.96. The van der Waals surface area contributed by atoms with E-state index >= 15 is 0 Å². The topological polar surface area (TPSA) is 104 Å². The molecule has 4 rings (SSSR count). The lowest BCUT2D eigenvalue weighted by Gasteiger charge is -2.41. The number of hydrogen-bond donors (Lipinski definition) is 2. The van der Waals surface area contributed by atoms with E-state index in [1.807, 2.05) is 0 Å². The maximum absolute atomic E-state index is 12.5. The van der Waals surface area contributed by atoms with Crippen molar-refractivity contribution >= 4 is 32.5 Å². The summed E-state index contributed by atoms with van der Waals surface area (Å²) in [6.07, 6.45) is 0.760. The van der Waals surface area contributed by atoms with Gasteiger partial charge in [-0.3, -0.25) is 5.32 Å². The lowest BCUT2D eigenvalue weighted by Crippen LogP contribution is -2.62. The molecule has 3 aliphatic heterocycles. The van der Waals surface area contributed by atoms with Crippen molar-refractivity contribution in [2.45, 2.75) is 18.3 Å². The molecule has 0 radical (unpaired) electrons. The Morgan fingerprint density at radius 2 is 2.08 bits per heavy atom. The molecule has 1 aromatic rings. The number of fused-ring (bicyclic) bond motifs is 1. The van der Waals surface area contributed by atoms with Crippen LogP contribution in [0.1, 0.15) is 10.6 Å². The summed E-state index contributed by atoms with van der Waals surface area (Å²) in [5.74, 6) is 0. The number of aromatic nitrogens is 1. The third-order valence-corrected chi connectivity index (χ3v) is 7.91. The molecule has 9 nitrogen and oxygen atoms in total. The van der Waals surface area contributed by atoms with E-state index < -0.39 is 15.3 Å². The largest absolute Gasteiger partial charge is 0.375 e. The standard InChI is InChI=1S/C14H21N5O4S2/c20-14(17-13-16-11-1-6-23-9-12(11)24-13)18-7-10(8-18)25(21,22)19-4-2-15-3-5-19/h10,15H,1-9H2,(H,16,17,20). The molecule has 25 heavy (non-hydrogen) atoms. The fraction of sp³-hybridized carbons (Fsp3) is 0.714. The van der Waals surface area contributed by atoms with Crippen LogP contribution < -0.4 is 10.6 Å². The number of carbonyl (C=O) groups excluding carboxylic acids is 1. The number of rotatable bonds is 3. The molecule has 0 bridgehead atoms. The van der Waals surface area contributed by atoms with Crippen LogP contribution in [0.4, 0.5) is 9.93 Å². The predicted molar refractivity (Wildman–Crippen MR) is 93.2 cm³/mol. The molecule has 0 atom stereocenters. The van der Waals surface area contributed by atoms with Gasteiger partial charge in [-0.2, -0.15) is 4.31 Å². The van der Waals surface area contributed by atoms with Gasteiger partial charge in [-0.15, -0.1) is 0 Å². The van der Waals surface area contributed by atoms with Crippen LogP contribution >= 0.6 is 11.3 Å². The van der Waals surface area contributed by atoms with Crippen molar-refractivity contribution in [1.82, 2.24) is 19.5 Å². The lowest BCUT2D eigenvalue weighted by molar-refractivity contribution is 0.112. The van der Waals surface area contributed by atoms with E-state index in [4.69, 9.17) is 4.74 Å². The molecule has 138 valence electrons. The molecule has 0 saturated carbocycles. The van der Waals surface area contributed by atoms with Crippen molar-refractivity contribution in [2.24, 2.45) is 0 Å². The van der Waals surface area contributed by atoms with Gasteiger partial charge in [0.15, 0.2) is 5.13 Å². The predicted octanol–water partition coefficient (Wildman–Crippen LogP) is -0.333. The number of ether oxygens (including phenoxy) is 1. The molecule has 11 heteroatoms. The Hall–Kier alpha value is -1.27. The highest BCUT2D eigenvalue weighted by Crippen LogP contribution is 2.28. The Bertz CT molecular complexity index is 730. The Kier molecular flexibility index (Phi) is 4.67. The SMILES string of the molecule is O=C(Nc1nc2c(s1)COCC2)N1CC(S(=O)(=O)N2CCNCC2)C1. The summed E-state index contributed by atoms with van der Waals surface area (Å²) in [5.41, 5.74) is 0.981. The monoisotopic (exact) mass is 387 g/mol. The molecule has 2 fully saturated rings. The van der Waals surface area contributed by atoms with E-state index in [0.29, 0.717) is 44.5 Å². The van der Waals surface area contributed by atoms with Crippen molar-refractivity contribution in [2.75, 3.05) is 51.2 Å². The highest BCUT2D eigenvalue weighted by molar-refractivity contribution is 7.89. The number of nitrogens with one attached hydrogen (secondary N) is 2. The van der Waals surface area contributed by atoms with Crippen LogP contribution in [0.5, 0.6) is 0 Å². The number of piperazine rings is 1. The van der Waals surface area contributed by atoms with Crippen LogP contribution in [0.2, 0.25) is 0 Å². The van der Waals surface area contributed by atoms with Crippen molar-refractivity contribution < 1.29 is 17.9 Å². The number of urea groups is 1. The summed E-state index contributed by atoms with van der Waals surface area (Å²) in [7, 11) is -3.32. The maximum Gasteiger partial charge on any atom is 0.323 e. The number of sulfonamides is 1. The van der Waals surface area contributed by atoms with Crippen LogP contribution in [-0.4, -0.2) is 79.8 Å². The number of carbonyl (C=O) groups is 1. The summed E-state index contributed by atoms with van der Waals surface area (Å²) in [6.45, 7) is 4.00. The first-order valence-electron chi connectivity index (χ1n) is 8.36. The van der Waals surface area contributed by atoms with E-state index in [-0.39, 0.29) is 19.1 Å². The first-order valence-corrected chi connectivity index (χ1v) is 10.7. The Morgan fingerprint density at radius 3 is 2.80 bits per heavy atom. The molecule has 2 saturated heterocycles. The van der Waals surface area contributed by atoms with E-state index in [2.05, 4.69) is 15.6 Å². The average Bonchev–Trinajstić information content (AvgIpc) is 2.96. The minimum Gasteiger partial charge on any atom is -0.375 e. The first-order chi connectivity index (χ1) is 12.0. The number of anilines is 1. The molecular formula is C14H21N5O4S2. The molecule has 0 spiro atoms. The smallest absolute Gasteiger partial charge is 0.323 e. The number of amides is 2. The summed E-state index contributed by atoms with van der Waals surface area (Å²) < 4.78 is 32.0. The molecule has 2 N–H and O–H groups in total. The van der Waals surface area contributed by atoms with Gasteiger partial charge in [0, 0.05) is 45.7 Å². The number of nitrogens with zero attached hydrogens (tertiary/aromatic N) is 3. The third-order valence-electron chi connectivity index (χ3n) is 4.70. The second kappa shape index (κ2) is 6.80. The summed E-state index contributed by atoms with van der Waals surface area (Å²) in [6, 6.07) is -0.293. The number of hydrogen-bond acceptors (Lipinski definition) is 7. The van der Waals surface area contributed by atoms with E-state index in [1.54, 1.807) is 0 Å². The first kappa shape index (κ1) is 17.2. The van der Waals surface area contributed by atoms with Crippen molar-refractivity contribution in [3.63, 3.8) is 0 Å². The van der Waals surface area contributed by atoms with E-state index in [9.17, 15) is 13.2 Å². The second-order valence-corrected chi connectivity index (χ2v) is 9.64. The fourth-order valence-electron chi connectivity index (χ4n) is 3.15. The normalized spacial score (nSPS) is 22.3. The average molecular weight is 387 g/mol. The minimum atomic E-state index is -3.32. The van der Waals surface area contributed by atoms with E-state index in [0.717, 1.165) is 17.0 Å². The van der Waals surface area contributed by atoms with Gasteiger partial charge in [0.25, 0.3) is 0 Å². The molecule has 0 aliphatic carbocycles. The zero-order valence-electron chi connectivity index (χ0n) is 13.7. The summed E-state index contributed by atoms with van der Waals surface area (Å²) >= 11 is 1.42. The maximum atomic E-state index is 12.5. The summed E-state index contributed by atoms with van der Waals surface area (Å²) in [4.78, 5) is 19.3. The molecule has 2 amide bonds. The van der Waals surface area contributed by atoms with Gasteiger partial charge in [-0.25, -0.2) is 18.2 Å². The molecule has 0 unspecified atom stereocenters. The van der Waals surface area contributed by atoms with Gasteiger partial charge >= 0.3 is 6.03 Å². The molecule has 3 aliphatic rings. The van der Waals surface area contributed by atoms with Crippen LogP contribution in [0.25, 0.3) is 0 Å². The fourth-order valence-corrected chi connectivity index (χ4v) is 5.94. The van der Waals surface area contributed by atoms with Crippen LogP contribution in [0.3, 0.4) is 0 Å². The van der Waals surface area contributed by atoms with Crippen molar-refractivity contribution in [3.8, 4) is 0 Å².